The first-order chi connectivity index (χ1) is 22.3. The Balaban J connectivity index is 1.66. The molecule has 0 saturated heterocycles. The van der Waals surface area contributed by atoms with Crippen molar-refractivity contribution in [3.8, 4) is 5.75 Å². The molecule has 4 rings (SSSR count). The van der Waals surface area contributed by atoms with Gasteiger partial charge in [-0.3, -0.25) is 9.59 Å². The largest absolute Gasteiger partial charge is 0.490 e. The minimum absolute atomic E-state index is 0.0227. The Kier molecular flexibility index (Phi) is 12.2. The Morgan fingerprint density at radius 3 is 2.53 bits per heavy atom. The third-order valence-corrected chi connectivity index (χ3v) is 10.5. The van der Waals surface area contributed by atoms with Crippen LogP contribution in [-0.2, 0) is 14.8 Å². The number of benzene rings is 2. The van der Waals surface area contributed by atoms with E-state index in [0.717, 1.165) is 12.8 Å². The number of aromatic nitrogens is 1. The number of hydrogen-bond acceptors (Lipinski definition) is 9. The number of likely N-dealkylation sites (N-methyl/N-ethyl adjacent to an activating group) is 1. The number of aliphatic hydroxyl groups is 1. The van der Waals surface area contributed by atoms with Gasteiger partial charge in [0.05, 0.1) is 30.4 Å². The summed E-state index contributed by atoms with van der Waals surface area (Å²) in [6.07, 6.45) is 1.41. The minimum Gasteiger partial charge on any atom is -0.490 e. The Morgan fingerprint density at radius 2 is 1.87 bits per heavy atom. The monoisotopic (exact) mass is 670 g/mol. The zero-order valence-electron chi connectivity index (χ0n) is 27.9. The van der Waals surface area contributed by atoms with Crippen LogP contribution in [0.2, 0.25) is 0 Å². The first kappa shape index (κ1) is 36.1. The van der Waals surface area contributed by atoms with Crippen LogP contribution < -0.4 is 10.1 Å². The molecule has 0 bridgehead atoms. The summed E-state index contributed by atoms with van der Waals surface area (Å²) in [5.74, 6) is -0.486. The highest BCUT2D eigenvalue weighted by atomic mass is 32.2. The predicted octanol–water partition coefficient (Wildman–Crippen LogP) is 4.66. The summed E-state index contributed by atoms with van der Waals surface area (Å²) in [5.41, 5.74) is 1.40. The van der Waals surface area contributed by atoms with E-state index in [1.165, 1.54) is 11.4 Å². The molecule has 256 valence electrons. The summed E-state index contributed by atoms with van der Waals surface area (Å²) >= 11 is 0. The van der Waals surface area contributed by atoms with Crippen molar-refractivity contribution in [2.75, 3.05) is 38.7 Å². The summed E-state index contributed by atoms with van der Waals surface area (Å²) in [5, 5.41) is 16.9. The van der Waals surface area contributed by atoms with Crippen molar-refractivity contribution in [2.24, 2.45) is 5.92 Å². The van der Waals surface area contributed by atoms with Gasteiger partial charge in [-0.1, -0.05) is 30.3 Å². The Labute approximate surface area is 277 Å². The number of carbonyl (C=O) groups is 2. The van der Waals surface area contributed by atoms with Gasteiger partial charge in [0.15, 0.2) is 5.76 Å². The number of sulfonamides is 1. The summed E-state index contributed by atoms with van der Waals surface area (Å²) < 4.78 is 46.0. The van der Waals surface area contributed by atoms with Gasteiger partial charge in [-0.05, 0) is 77.3 Å². The Hall–Kier alpha value is -3.78. The van der Waals surface area contributed by atoms with Gasteiger partial charge in [0.2, 0.25) is 10.0 Å². The van der Waals surface area contributed by atoms with Gasteiger partial charge >= 0.3 is 0 Å². The van der Waals surface area contributed by atoms with Crippen LogP contribution in [-0.4, -0.2) is 91.3 Å². The van der Waals surface area contributed by atoms with Crippen molar-refractivity contribution in [2.45, 2.75) is 77.0 Å². The van der Waals surface area contributed by atoms with Crippen LogP contribution in [0.1, 0.15) is 72.2 Å². The maximum Gasteiger partial charge on any atom is 0.258 e. The van der Waals surface area contributed by atoms with Crippen molar-refractivity contribution < 1.29 is 37.1 Å². The summed E-state index contributed by atoms with van der Waals surface area (Å²) in [6.45, 7) is 8.97. The molecule has 3 aromatic rings. The average Bonchev–Trinajstić information content (AvgIpc) is 3.40. The number of aryl methyl sites for hydroxylation is 2. The lowest BCUT2D eigenvalue weighted by Gasteiger charge is -2.35. The first-order valence-corrected chi connectivity index (χ1v) is 17.4. The molecule has 0 fully saturated rings. The number of amides is 2. The predicted molar refractivity (Wildman–Crippen MR) is 177 cm³/mol. The van der Waals surface area contributed by atoms with Gasteiger partial charge < -0.3 is 29.3 Å². The molecule has 1 aliphatic heterocycles. The van der Waals surface area contributed by atoms with Gasteiger partial charge in [0, 0.05) is 43.9 Å². The van der Waals surface area contributed by atoms with E-state index in [2.05, 4.69) is 10.5 Å². The van der Waals surface area contributed by atoms with Gasteiger partial charge in [0.1, 0.15) is 16.3 Å². The van der Waals surface area contributed by atoms with E-state index in [-0.39, 0.29) is 59.5 Å². The topological polar surface area (TPSA) is 152 Å². The van der Waals surface area contributed by atoms with Gasteiger partial charge in [-0.25, -0.2) is 8.42 Å². The Bertz CT molecular complexity index is 1610. The number of fused-ring (bicyclic) bond motifs is 1. The molecule has 2 heterocycles. The molecule has 2 N–H and O–H groups in total. The van der Waals surface area contributed by atoms with Crippen LogP contribution in [0, 0.1) is 19.8 Å². The van der Waals surface area contributed by atoms with Crippen LogP contribution in [0.3, 0.4) is 0 Å². The SMILES string of the molecule is Cc1noc(C)c1S(=O)(=O)N(C)C[C@@H]1OCCCC[C@H](C)Oc2ccc(NC(=O)c3ccccc3)cc2C(=O)N([C@H](C)CO)C[C@H]1C. The second kappa shape index (κ2) is 15.9. The van der Waals surface area contributed by atoms with E-state index in [0.29, 0.717) is 30.0 Å². The number of carbonyl (C=O) groups excluding carboxylic acids is 2. The smallest absolute Gasteiger partial charge is 0.258 e. The molecule has 0 unspecified atom stereocenters. The molecule has 13 heteroatoms. The molecule has 0 saturated carbocycles. The van der Waals surface area contributed by atoms with Crippen LogP contribution in [0.25, 0.3) is 0 Å². The Morgan fingerprint density at radius 1 is 1.15 bits per heavy atom. The molecule has 0 aliphatic carbocycles. The quantitative estimate of drug-likeness (QED) is 0.349. The summed E-state index contributed by atoms with van der Waals surface area (Å²) in [7, 11) is -2.45. The van der Waals surface area contributed by atoms with Crippen molar-refractivity contribution in [1.82, 2.24) is 14.4 Å². The maximum absolute atomic E-state index is 14.3. The summed E-state index contributed by atoms with van der Waals surface area (Å²) in [6, 6.07) is 13.2. The molecule has 12 nitrogen and oxygen atoms in total. The highest BCUT2D eigenvalue weighted by Crippen LogP contribution is 2.29. The lowest BCUT2D eigenvalue weighted by Crippen LogP contribution is -2.48. The number of hydrogen-bond donors (Lipinski definition) is 2. The van der Waals surface area contributed by atoms with Crippen LogP contribution in [0.15, 0.2) is 57.9 Å². The van der Waals surface area contributed by atoms with Gasteiger partial charge in [-0.2, -0.15) is 4.31 Å². The molecule has 2 aromatic carbocycles. The van der Waals surface area contributed by atoms with Crippen LogP contribution in [0.5, 0.6) is 5.75 Å². The van der Waals surface area contributed by atoms with Crippen molar-refractivity contribution in [1.29, 1.82) is 0 Å². The molecule has 1 aromatic heterocycles. The third kappa shape index (κ3) is 8.78. The van der Waals surface area contributed by atoms with Crippen molar-refractivity contribution >= 4 is 27.5 Å². The molecule has 0 radical (unpaired) electrons. The number of nitrogens with zero attached hydrogens (tertiary/aromatic N) is 3. The van der Waals surface area contributed by atoms with Gasteiger partial charge in [0.25, 0.3) is 11.8 Å². The van der Waals surface area contributed by atoms with E-state index >= 15 is 0 Å². The van der Waals surface area contributed by atoms with E-state index in [1.807, 2.05) is 19.9 Å². The number of anilines is 1. The van der Waals surface area contributed by atoms with Crippen LogP contribution >= 0.6 is 0 Å². The molecule has 2 amide bonds. The highest BCUT2D eigenvalue weighted by Gasteiger charge is 2.34. The van der Waals surface area contributed by atoms with Crippen molar-refractivity contribution in [3.63, 3.8) is 0 Å². The second-order valence-electron chi connectivity index (χ2n) is 12.3. The second-order valence-corrected chi connectivity index (χ2v) is 14.3. The average molecular weight is 671 g/mol. The van der Waals surface area contributed by atoms with Crippen LogP contribution in [0.4, 0.5) is 5.69 Å². The number of aliphatic hydroxyl groups excluding tert-OH is 1. The normalized spacial score (nSPS) is 20.6. The standard InChI is InChI=1S/C34H46N4O8S/c1-22-19-38(23(2)21-39)34(41)29-18-28(35-33(40)27-13-8-7-9-14-27)15-16-30(29)45-24(3)12-10-11-17-44-31(22)20-37(6)47(42,43)32-25(4)36-46-26(32)5/h7-9,13-16,18,22-24,31,39H,10-12,17,19-21H2,1-6H3,(H,35,40)/t22-,23-,24+,31+/m1/s1. The molecule has 4 atom stereocenters. The molecular weight excluding hydrogens is 624 g/mol. The molecule has 1 aliphatic rings. The number of rotatable bonds is 8. The maximum atomic E-state index is 14.3. The van der Waals surface area contributed by atoms with Gasteiger partial charge in [-0.15, -0.1) is 0 Å². The van der Waals surface area contributed by atoms with E-state index in [4.69, 9.17) is 14.0 Å². The zero-order chi connectivity index (χ0) is 34.3. The minimum atomic E-state index is -3.94. The lowest BCUT2D eigenvalue weighted by atomic mass is 10.0. The fourth-order valence-corrected chi connectivity index (χ4v) is 7.07. The number of nitrogens with one attached hydrogen (secondary N) is 1. The first-order valence-electron chi connectivity index (χ1n) is 15.9. The summed E-state index contributed by atoms with van der Waals surface area (Å²) in [4.78, 5) is 28.8. The van der Waals surface area contributed by atoms with Crippen molar-refractivity contribution in [3.05, 3.63) is 71.1 Å². The van der Waals surface area contributed by atoms with E-state index in [9.17, 15) is 23.1 Å². The fraction of sp³-hybridized carbons (Fsp3) is 0.500. The molecule has 47 heavy (non-hydrogen) atoms. The molecular formula is C34H46N4O8S. The third-order valence-electron chi connectivity index (χ3n) is 8.42. The van der Waals surface area contributed by atoms with E-state index < -0.39 is 28.1 Å². The lowest BCUT2D eigenvalue weighted by molar-refractivity contribution is -0.00835. The number of ether oxygens (including phenoxy) is 2. The zero-order valence-corrected chi connectivity index (χ0v) is 28.7. The molecule has 0 spiro atoms. The van der Waals surface area contributed by atoms with E-state index in [1.54, 1.807) is 68.1 Å². The highest BCUT2D eigenvalue weighted by molar-refractivity contribution is 7.89. The fourth-order valence-electron chi connectivity index (χ4n) is 5.61.